The Hall–Kier alpha value is -1.85. The number of likely N-dealkylation sites (tertiary alicyclic amines) is 1. The number of rotatable bonds is 5. The van der Waals surface area contributed by atoms with Gasteiger partial charge in [0.1, 0.15) is 0 Å². The molecule has 0 unspecified atom stereocenters. The van der Waals surface area contributed by atoms with Crippen molar-refractivity contribution in [3.8, 4) is 0 Å². The Labute approximate surface area is 149 Å². The molecule has 1 N–H and O–H groups in total. The van der Waals surface area contributed by atoms with Gasteiger partial charge in [0.25, 0.3) is 0 Å². The molecular formula is C19H30N4O2. The molecule has 2 heterocycles. The fourth-order valence-corrected chi connectivity index (χ4v) is 4.27. The number of hydrogen-bond acceptors (Lipinski definition) is 3. The van der Waals surface area contributed by atoms with Crippen molar-refractivity contribution in [2.45, 2.75) is 78.4 Å². The van der Waals surface area contributed by atoms with Gasteiger partial charge in [-0.3, -0.25) is 14.3 Å². The average Bonchev–Trinajstić information content (AvgIpc) is 3.22. The summed E-state index contributed by atoms with van der Waals surface area (Å²) in [4.78, 5) is 26.9. The standard InChI is InChI=1S/C19H30N4O2/c1-4-23-14(3)17(13(2)21-23)11-20-19(25)15-9-10-18(24)22(12-15)16-7-5-6-8-16/h15-16H,4-12H2,1-3H3,(H,20,25)/t15-/m0/s1. The van der Waals surface area contributed by atoms with Crippen LogP contribution in [-0.4, -0.2) is 39.1 Å². The minimum atomic E-state index is -0.0832. The molecule has 0 radical (unpaired) electrons. The van der Waals surface area contributed by atoms with Gasteiger partial charge in [0.05, 0.1) is 11.6 Å². The number of carbonyl (C=O) groups excluding carboxylic acids is 2. The maximum Gasteiger partial charge on any atom is 0.225 e. The van der Waals surface area contributed by atoms with Gasteiger partial charge in [-0.05, 0) is 40.0 Å². The van der Waals surface area contributed by atoms with Crippen LogP contribution in [-0.2, 0) is 22.7 Å². The van der Waals surface area contributed by atoms with Crippen molar-refractivity contribution in [3.05, 3.63) is 17.0 Å². The largest absolute Gasteiger partial charge is 0.352 e. The molecule has 1 saturated carbocycles. The summed E-state index contributed by atoms with van der Waals surface area (Å²) in [6.45, 7) is 8.04. The lowest BCUT2D eigenvalue weighted by Crippen LogP contribution is -2.49. The van der Waals surface area contributed by atoms with Crippen molar-refractivity contribution in [2.24, 2.45) is 5.92 Å². The average molecular weight is 346 g/mol. The maximum absolute atomic E-state index is 12.7. The van der Waals surface area contributed by atoms with E-state index < -0.39 is 0 Å². The molecule has 1 atom stereocenters. The molecule has 6 heteroatoms. The van der Waals surface area contributed by atoms with Gasteiger partial charge < -0.3 is 10.2 Å². The topological polar surface area (TPSA) is 67.2 Å². The van der Waals surface area contributed by atoms with Gasteiger partial charge in [-0.15, -0.1) is 0 Å². The van der Waals surface area contributed by atoms with Gasteiger partial charge in [-0.1, -0.05) is 12.8 Å². The second-order valence-electron chi connectivity index (χ2n) is 7.40. The summed E-state index contributed by atoms with van der Waals surface area (Å²) in [6.07, 6.45) is 5.75. The number of amides is 2. The fourth-order valence-electron chi connectivity index (χ4n) is 4.27. The molecule has 1 aromatic heterocycles. The van der Waals surface area contributed by atoms with Crippen LogP contribution in [0.1, 0.15) is 62.4 Å². The first-order valence-corrected chi connectivity index (χ1v) is 9.61. The molecule has 0 bridgehead atoms. The zero-order valence-corrected chi connectivity index (χ0v) is 15.7. The third-order valence-electron chi connectivity index (χ3n) is 5.85. The molecule has 25 heavy (non-hydrogen) atoms. The summed E-state index contributed by atoms with van der Waals surface area (Å²) < 4.78 is 1.97. The van der Waals surface area contributed by atoms with Gasteiger partial charge in [0.15, 0.2) is 0 Å². The van der Waals surface area contributed by atoms with E-state index in [1.807, 2.05) is 23.4 Å². The molecule has 1 aliphatic carbocycles. The summed E-state index contributed by atoms with van der Waals surface area (Å²) >= 11 is 0. The lowest BCUT2D eigenvalue weighted by molar-refractivity contribution is -0.140. The van der Waals surface area contributed by atoms with Crippen molar-refractivity contribution in [3.63, 3.8) is 0 Å². The molecule has 0 spiro atoms. The number of aromatic nitrogens is 2. The van der Waals surface area contributed by atoms with Crippen LogP contribution in [0.3, 0.4) is 0 Å². The highest BCUT2D eigenvalue weighted by Gasteiger charge is 2.35. The van der Waals surface area contributed by atoms with Gasteiger partial charge in [0, 0.05) is 43.4 Å². The zero-order chi connectivity index (χ0) is 18.0. The molecule has 1 saturated heterocycles. The third kappa shape index (κ3) is 3.72. The molecular weight excluding hydrogens is 316 g/mol. The number of piperidine rings is 1. The van der Waals surface area contributed by atoms with Crippen LogP contribution in [0.15, 0.2) is 0 Å². The van der Waals surface area contributed by atoms with Crippen LogP contribution in [0.25, 0.3) is 0 Å². The highest BCUT2D eigenvalue weighted by molar-refractivity contribution is 5.84. The molecule has 6 nitrogen and oxygen atoms in total. The third-order valence-corrected chi connectivity index (χ3v) is 5.85. The lowest BCUT2D eigenvalue weighted by atomic mass is 9.94. The van der Waals surface area contributed by atoms with Crippen molar-refractivity contribution >= 4 is 11.8 Å². The molecule has 1 aromatic rings. The SMILES string of the molecule is CCn1nc(C)c(CNC(=O)[C@H]2CCC(=O)N(C3CCCC3)C2)c1C. The second kappa shape index (κ2) is 7.58. The predicted octanol–water partition coefficient (Wildman–Crippen LogP) is 2.32. The number of nitrogens with zero attached hydrogens (tertiary/aromatic N) is 3. The molecule has 138 valence electrons. The molecule has 3 rings (SSSR count). The minimum absolute atomic E-state index is 0.0681. The molecule has 2 aliphatic rings. The van der Waals surface area contributed by atoms with Gasteiger partial charge >= 0.3 is 0 Å². The Balaban J connectivity index is 1.59. The highest BCUT2D eigenvalue weighted by atomic mass is 16.2. The number of hydrogen-bond donors (Lipinski definition) is 1. The van der Waals surface area contributed by atoms with E-state index in [0.29, 0.717) is 32.0 Å². The van der Waals surface area contributed by atoms with Crippen LogP contribution >= 0.6 is 0 Å². The van der Waals surface area contributed by atoms with E-state index in [9.17, 15) is 9.59 Å². The molecule has 0 aromatic carbocycles. The van der Waals surface area contributed by atoms with Gasteiger partial charge in [-0.2, -0.15) is 5.10 Å². The van der Waals surface area contributed by atoms with E-state index in [0.717, 1.165) is 36.3 Å². The van der Waals surface area contributed by atoms with E-state index >= 15 is 0 Å². The summed E-state index contributed by atoms with van der Waals surface area (Å²) in [5.74, 6) is 0.213. The molecule has 2 amide bonds. The number of aryl methyl sites for hydroxylation is 2. The van der Waals surface area contributed by atoms with E-state index in [1.54, 1.807) is 0 Å². The summed E-state index contributed by atoms with van der Waals surface area (Å²) in [6, 6.07) is 0.357. The summed E-state index contributed by atoms with van der Waals surface area (Å²) in [7, 11) is 0. The highest BCUT2D eigenvalue weighted by Crippen LogP contribution is 2.28. The van der Waals surface area contributed by atoms with E-state index in [2.05, 4.69) is 17.3 Å². The fraction of sp³-hybridized carbons (Fsp3) is 0.737. The number of nitrogens with one attached hydrogen (secondary N) is 1. The van der Waals surface area contributed by atoms with Gasteiger partial charge in [-0.25, -0.2) is 0 Å². The van der Waals surface area contributed by atoms with Crippen LogP contribution in [0.2, 0.25) is 0 Å². The van der Waals surface area contributed by atoms with Crippen LogP contribution in [0, 0.1) is 19.8 Å². The Morgan fingerprint density at radius 3 is 2.60 bits per heavy atom. The lowest BCUT2D eigenvalue weighted by Gasteiger charge is -2.36. The maximum atomic E-state index is 12.7. The van der Waals surface area contributed by atoms with E-state index in [1.165, 1.54) is 12.8 Å². The molecule has 2 fully saturated rings. The Morgan fingerprint density at radius 2 is 1.96 bits per heavy atom. The number of carbonyl (C=O) groups is 2. The quantitative estimate of drug-likeness (QED) is 0.890. The van der Waals surface area contributed by atoms with Crippen LogP contribution in [0.5, 0.6) is 0 Å². The first-order chi connectivity index (χ1) is 12.0. The van der Waals surface area contributed by atoms with Crippen molar-refractivity contribution in [2.75, 3.05) is 6.54 Å². The first kappa shape index (κ1) is 18.0. The Bertz CT molecular complexity index is 646. The molecule has 1 aliphatic heterocycles. The first-order valence-electron chi connectivity index (χ1n) is 9.61. The Morgan fingerprint density at radius 1 is 1.24 bits per heavy atom. The summed E-state index contributed by atoms with van der Waals surface area (Å²) in [5.41, 5.74) is 3.20. The monoisotopic (exact) mass is 346 g/mol. The van der Waals surface area contributed by atoms with Crippen LogP contribution in [0.4, 0.5) is 0 Å². The van der Waals surface area contributed by atoms with Crippen molar-refractivity contribution < 1.29 is 9.59 Å². The van der Waals surface area contributed by atoms with Crippen molar-refractivity contribution in [1.29, 1.82) is 0 Å². The minimum Gasteiger partial charge on any atom is -0.352 e. The normalized spacial score (nSPS) is 21.8. The van der Waals surface area contributed by atoms with Crippen LogP contribution < -0.4 is 5.32 Å². The Kier molecular flexibility index (Phi) is 5.45. The second-order valence-corrected chi connectivity index (χ2v) is 7.40. The van der Waals surface area contributed by atoms with E-state index in [4.69, 9.17) is 0 Å². The van der Waals surface area contributed by atoms with E-state index in [-0.39, 0.29) is 17.7 Å². The van der Waals surface area contributed by atoms with Crippen molar-refractivity contribution in [1.82, 2.24) is 20.0 Å². The predicted molar refractivity (Wildman–Crippen MR) is 95.9 cm³/mol. The summed E-state index contributed by atoms with van der Waals surface area (Å²) in [5, 5.41) is 7.59. The zero-order valence-electron chi connectivity index (χ0n) is 15.7. The van der Waals surface area contributed by atoms with Gasteiger partial charge in [0.2, 0.25) is 11.8 Å². The smallest absolute Gasteiger partial charge is 0.225 e.